The predicted octanol–water partition coefficient (Wildman–Crippen LogP) is 4.20. The van der Waals surface area contributed by atoms with Crippen molar-refractivity contribution in [2.75, 3.05) is 25.6 Å². The van der Waals surface area contributed by atoms with Gasteiger partial charge in [0.15, 0.2) is 11.5 Å². The molecule has 2 aromatic rings. The molecule has 0 aliphatic carbocycles. The van der Waals surface area contributed by atoms with E-state index >= 15 is 0 Å². The van der Waals surface area contributed by atoms with Gasteiger partial charge in [-0.25, -0.2) is 0 Å². The minimum Gasteiger partial charge on any atom is -0.454 e. The van der Waals surface area contributed by atoms with E-state index in [0.717, 1.165) is 42.3 Å². The molecule has 25 heavy (non-hydrogen) atoms. The Morgan fingerprint density at radius 2 is 2.12 bits per heavy atom. The summed E-state index contributed by atoms with van der Waals surface area (Å²) in [5, 5.41) is 2.63. The Kier molecular flexibility index (Phi) is 4.99. The van der Waals surface area contributed by atoms with Gasteiger partial charge >= 0.3 is 0 Å². The summed E-state index contributed by atoms with van der Waals surface area (Å²) in [4.78, 5) is 15.9. The molecule has 2 aliphatic heterocycles. The molecule has 1 aromatic heterocycles. The smallest absolute Gasteiger partial charge is 0.246 e. The van der Waals surface area contributed by atoms with E-state index < -0.39 is 0 Å². The predicted molar refractivity (Wildman–Crippen MR) is 102 cm³/mol. The lowest BCUT2D eigenvalue weighted by molar-refractivity contribution is -0.125. The van der Waals surface area contributed by atoms with Gasteiger partial charge in [0.25, 0.3) is 0 Å². The van der Waals surface area contributed by atoms with Crippen LogP contribution in [0.15, 0.2) is 41.8 Å². The molecule has 1 aromatic carbocycles. The number of benzene rings is 1. The van der Waals surface area contributed by atoms with E-state index in [1.165, 1.54) is 4.88 Å². The number of carbonyl (C=O) groups excluding carboxylic acids is 1. The number of nitrogens with zero attached hydrogens (tertiary/aromatic N) is 1. The van der Waals surface area contributed by atoms with Crippen molar-refractivity contribution in [3.05, 3.63) is 52.2 Å². The zero-order valence-corrected chi connectivity index (χ0v) is 15.4. The first-order chi connectivity index (χ1) is 12.3. The molecule has 0 saturated carbocycles. The topological polar surface area (TPSA) is 38.8 Å². The number of hydrogen-bond donors (Lipinski definition) is 0. The summed E-state index contributed by atoms with van der Waals surface area (Å²) in [6.07, 6.45) is 4.52. The lowest BCUT2D eigenvalue weighted by Crippen LogP contribution is -2.31. The van der Waals surface area contributed by atoms with Crippen LogP contribution in [0, 0.1) is 0 Å². The fraction of sp³-hybridized carbons (Fsp3) is 0.316. The fourth-order valence-corrected chi connectivity index (χ4v) is 5.22. The molecule has 6 heteroatoms. The van der Waals surface area contributed by atoms with Gasteiger partial charge < -0.3 is 14.4 Å². The molecule has 1 atom stereocenters. The van der Waals surface area contributed by atoms with E-state index in [0.29, 0.717) is 5.25 Å². The van der Waals surface area contributed by atoms with Gasteiger partial charge in [0.05, 0.1) is 0 Å². The zero-order valence-electron chi connectivity index (χ0n) is 13.7. The third kappa shape index (κ3) is 3.85. The van der Waals surface area contributed by atoms with E-state index in [-0.39, 0.29) is 12.7 Å². The van der Waals surface area contributed by atoms with Gasteiger partial charge in [-0.05, 0) is 41.6 Å². The summed E-state index contributed by atoms with van der Waals surface area (Å²) in [5.74, 6) is 2.55. The first-order valence-corrected chi connectivity index (χ1v) is 10.2. The second-order valence-corrected chi connectivity index (χ2v) is 8.22. The summed E-state index contributed by atoms with van der Waals surface area (Å²) in [6, 6.07) is 10.0. The number of ether oxygens (including phenoxy) is 2. The van der Waals surface area contributed by atoms with Crippen LogP contribution in [0.1, 0.15) is 22.1 Å². The lowest BCUT2D eigenvalue weighted by atomic mass is 10.2. The lowest BCUT2D eigenvalue weighted by Gasteiger charge is -2.18. The van der Waals surface area contributed by atoms with Crippen LogP contribution in [0.5, 0.6) is 11.5 Å². The molecule has 4 nitrogen and oxygen atoms in total. The largest absolute Gasteiger partial charge is 0.454 e. The Labute approximate surface area is 155 Å². The molecular formula is C19H19NO3S2. The van der Waals surface area contributed by atoms with Crippen molar-refractivity contribution in [2.24, 2.45) is 0 Å². The van der Waals surface area contributed by atoms with Gasteiger partial charge in [-0.3, -0.25) is 4.79 Å². The Bertz CT molecular complexity index is 773. The van der Waals surface area contributed by atoms with Crippen LogP contribution < -0.4 is 9.47 Å². The van der Waals surface area contributed by atoms with Gasteiger partial charge in [-0.1, -0.05) is 12.1 Å². The second kappa shape index (κ2) is 7.54. The number of rotatable bonds is 3. The van der Waals surface area contributed by atoms with Gasteiger partial charge in [0, 0.05) is 35.0 Å². The van der Waals surface area contributed by atoms with Crippen molar-refractivity contribution < 1.29 is 14.3 Å². The zero-order chi connectivity index (χ0) is 17.1. The molecule has 0 N–H and O–H groups in total. The fourth-order valence-electron chi connectivity index (χ4n) is 2.98. The highest BCUT2D eigenvalue weighted by atomic mass is 32.2. The first kappa shape index (κ1) is 16.5. The Hall–Kier alpha value is -1.92. The van der Waals surface area contributed by atoms with Gasteiger partial charge in [0.2, 0.25) is 12.7 Å². The Morgan fingerprint density at radius 1 is 1.20 bits per heavy atom. The maximum atomic E-state index is 12.5. The van der Waals surface area contributed by atoms with Crippen molar-refractivity contribution in [3.63, 3.8) is 0 Å². The Morgan fingerprint density at radius 3 is 3.00 bits per heavy atom. The molecule has 4 rings (SSSR count). The molecule has 0 spiro atoms. The highest BCUT2D eigenvalue weighted by molar-refractivity contribution is 7.99. The van der Waals surface area contributed by atoms with E-state index in [9.17, 15) is 4.79 Å². The highest BCUT2D eigenvalue weighted by Gasteiger charge is 2.21. The van der Waals surface area contributed by atoms with Gasteiger partial charge in [-0.2, -0.15) is 11.8 Å². The van der Waals surface area contributed by atoms with Gasteiger partial charge in [0.1, 0.15) is 0 Å². The van der Waals surface area contributed by atoms with E-state index in [2.05, 4.69) is 17.5 Å². The van der Waals surface area contributed by atoms with Crippen LogP contribution in [0.25, 0.3) is 6.08 Å². The van der Waals surface area contributed by atoms with Crippen molar-refractivity contribution in [2.45, 2.75) is 11.7 Å². The van der Waals surface area contributed by atoms with Crippen molar-refractivity contribution >= 4 is 35.1 Å². The van der Waals surface area contributed by atoms with E-state index in [1.807, 2.05) is 40.9 Å². The molecule has 0 bridgehead atoms. The van der Waals surface area contributed by atoms with Crippen molar-refractivity contribution in [1.29, 1.82) is 0 Å². The van der Waals surface area contributed by atoms with Crippen LogP contribution in [0.3, 0.4) is 0 Å². The highest BCUT2D eigenvalue weighted by Crippen LogP contribution is 2.37. The average molecular weight is 373 g/mol. The summed E-state index contributed by atoms with van der Waals surface area (Å²) in [6.45, 7) is 1.87. The van der Waals surface area contributed by atoms with Crippen molar-refractivity contribution in [1.82, 2.24) is 4.90 Å². The molecule has 130 valence electrons. The third-order valence-electron chi connectivity index (χ3n) is 4.33. The quantitative estimate of drug-likeness (QED) is 0.756. The first-order valence-electron chi connectivity index (χ1n) is 8.31. The molecule has 1 saturated heterocycles. The summed E-state index contributed by atoms with van der Waals surface area (Å²) in [7, 11) is 0. The number of hydrogen-bond acceptors (Lipinski definition) is 5. The minimum absolute atomic E-state index is 0.0742. The maximum absolute atomic E-state index is 12.5. The average Bonchev–Trinajstić information content (AvgIpc) is 3.27. The van der Waals surface area contributed by atoms with Crippen LogP contribution in [-0.4, -0.2) is 36.4 Å². The Balaban J connectivity index is 1.37. The van der Waals surface area contributed by atoms with Crippen molar-refractivity contribution in [3.8, 4) is 11.5 Å². The standard InChI is InChI=1S/C19H19NO3S2/c21-19(6-4-14-3-5-15-16(12-14)23-13-22-15)20-8-7-18(25-11-9-20)17-2-1-10-24-17/h1-6,10,12,18H,7-9,11,13H2/b6-4+. The molecule has 1 unspecified atom stereocenters. The normalized spacial score (nSPS) is 20.0. The molecule has 1 amide bonds. The number of carbonyl (C=O) groups is 1. The molecular weight excluding hydrogens is 354 g/mol. The van der Waals surface area contributed by atoms with Crippen LogP contribution in [0.2, 0.25) is 0 Å². The van der Waals surface area contributed by atoms with Crippen LogP contribution in [0.4, 0.5) is 0 Å². The summed E-state index contributed by atoms with van der Waals surface area (Å²) in [5.41, 5.74) is 0.943. The summed E-state index contributed by atoms with van der Waals surface area (Å²) >= 11 is 3.76. The molecule has 1 fully saturated rings. The molecule has 3 heterocycles. The van der Waals surface area contributed by atoms with Gasteiger partial charge in [-0.15, -0.1) is 11.3 Å². The molecule has 2 aliphatic rings. The summed E-state index contributed by atoms with van der Waals surface area (Å²) < 4.78 is 10.7. The number of amides is 1. The second-order valence-electron chi connectivity index (χ2n) is 5.93. The maximum Gasteiger partial charge on any atom is 0.246 e. The van der Waals surface area contributed by atoms with Crippen LogP contribution >= 0.6 is 23.1 Å². The monoisotopic (exact) mass is 373 g/mol. The number of fused-ring (bicyclic) bond motifs is 1. The molecule has 0 radical (unpaired) electrons. The third-order valence-corrected chi connectivity index (χ3v) is 6.77. The minimum atomic E-state index is 0.0742. The van der Waals surface area contributed by atoms with Crippen LogP contribution in [-0.2, 0) is 4.79 Å². The number of thiophene rings is 1. The van der Waals surface area contributed by atoms with E-state index in [4.69, 9.17) is 9.47 Å². The van der Waals surface area contributed by atoms with E-state index in [1.54, 1.807) is 17.4 Å². The SMILES string of the molecule is O=C(/C=C/c1ccc2c(c1)OCO2)N1CCSC(c2cccs2)CC1. The number of thioether (sulfide) groups is 1.